The fourth-order valence-corrected chi connectivity index (χ4v) is 4.09. The minimum Gasteiger partial charge on any atom is -0.508 e. The van der Waals surface area contributed by atoms with Gasteiger partial charge >= 0.3 is 0 Å². The molecule has 0 fully saturated rings. The molecule has 0 aliphatic carbocycles. The van der Waals surface area contributed by atoms with Crippen molar-refractivity contribution in [3.8, 4) is 5.75 Å². The number of aromatic hydroxyl groups is 1. The van der Waals surface area contributed by atoms with E-state index in [-0.39, 0.29) is 24.3 Å². The van der Waals surface area contributed by atoms with Crippen LogP contribution in [0.4, 0.5) is 0 Å². The van der Waals surface area contributed by atoms with Gasteiger partial charge < -0.3 is 26.0 Å². The number of carbonyl (C=O) groups is 1. The summed E-state index contributed by atoms with van der Waals surface area (Å²) in [6, 6.07) is 20.5. The predicted octanol–water partition coefficient (Wildman–Crippen LogP) is 4.04. The lowest BCUT2D eigenvalue weighted by Gasteiger charge is -2.18. The maximum atomic E-state index is 12.3. The van der Waals surface area contributed by atoms with Crippen molar-refractivity contribution in [3.05, 3.63) is 99.6 Å². The van der Waals surface area contributed by atoms with Crippen molar-refractivity contribution in [2.24, 2.45) is 0 Å². The fourth-order valence-electron chi connectivity index (χ4n) is 3.89. The quantitative estimate of drug-likeness (QED) is 0.260. The molecule has 0 aliphatic heterocycles. The van der Waals surface area contributed by atoms with Gasteiger partial charge in [0.1, 0.15) is 5.75 Å². The van der Waals surface area contributed by atoms with E-state index in [0.29, 0.717) is 42.1 Å². The molecule has 35 heavy (non-hydrogen) atoms. The monoisotopic (exact) mass is 496 g/mol. The van der Waals surface area contributed by atoms with Gasteiger partial charge in [-0.15, -0.1) is 0 Å². The summed E-state index contributed by atoms with van der Waals surface area (Å²) in [5.41, 5.74) is 4.18. The lowest BCUT2D eigenvalue weighted by atomic mass is 10.0. The number of hydrogen-bond acceptors (Lipinski definition) is 5. The van der Waals surface area contributed by atoms with Gasteiger partial charge in [-0.1, -0.05) is 60.1 Å². The van der Waals surface area contributed by atoms with E-state index in [2.05, 4.69) is 29.7 Å². The molecule has 0 radical (unpaired) electrons. The normalized spacial score (nSPS) is 12.8. The molecule has 3 aromatic carbocycles. The third-order valence-corrected chi connectivity index (χ3v) is 6.29. The molecule has 0 aromatic heterocycles. The number of carbonyl (C=O) groups excluding carboxylic acids is 1. The Balaban J connectivity index is 1.44. The van der Waals surface area contributed by atoms with Gasteiger partial charge in [-0.3, -0.25) is 4.79 Å². The molecule has 0 heterocycles. The Hall–Kier alpha value is -2.90. The molecule has 0 bridgehead atoms. The van der Waals surface area contributed by atoms with Crippen LogP contribution in [0.25, 0.3) is 0 Å². The number of aliphatic hydroxyl groups excluding tert-OH is 2. The van der Waals surface area contributed by atoms with Crippen LogP contribution in [-0.2, 0) is 30.8 Å². The average molecular weight is 497 g/mol. The molecule has 0 spiro atoms. The van der Waals surface area contributed by atoms with E-state index < -0.39 is 6.10 Å². The molecule has 3 rings (SSSR count). The zero-order valence-corrected chi connectivity index (χ0v) is 20.6. The Morgan fingerprint density at radius 1 is 1.00 bits per heavy atom. The average Bonchev–Trinajstić information content (AvgIpc) is 2.86. The molecule has 0 saturated carbocycles. The Morgan fingerprint density at radius 3 is 2.54 bits per heavy atom. The van der Waals surface area contributed by atoms with Crippen LogP contribution in [0.3, 0.4) is 0 Å². The van der Waals surface area contributed by atoms with Crippen molar-refractivity contribution in [2.45, 2.75) is 51.5 Å². The fraction of sp³-hybridized carbons (Fsp3) is 0.321. The molecule has 0 aliphatic rings. The maximum absolute atomic E-state index is 12.3. The van der Waals surface area contributed by atoms with Crippen molar-refractivity contribution in [2.75, 3.05) is 6.54 Å². The summed E-state index contributed by atoms with van der Waals surface area (Å²) in [6.07, 6.45) is 1.07. The lowest BCUT2D eigenvalue weighted by molar-refractivity contribution is -0.121. The van der Waals surface area contributed by atoms with Crippen LogP contribution >= 0.6 is 11.6 Å². The topological polar surface area (TPSA) is 102 Å². The molecule has 5 N–H and O–H groups in total. The molecule has 6 nitrogen and oxygen atoms in total. The molecule has 2 atom stereocenters. The number of hydrogen-bond donors (Lipinski definition) is 5. The van der Waals surface area contributed by atoms with Crippen LogP contribution in [-0.4, -0.2) is 33.8 Å². The maximum Gasteiger partial charge on any atom is 0.220 e. The second kappa shape index (κ2) is 13.3. The first kappa shape index (κ1) is 26.7. The van der Waals surface area contributed by atoms with E-state index >= 15 is 0 Å². The third kappa shape index (κ3) is 8.37. The van der Waals surface area contributed by atoms with E-state index in [1.807, 2.05) is 36.4 Å². The van der Waals surface area contributed by atoms with Crippen molar-refractivity contribution >= 4 is 17.5 Å². The number of amides is 1. The number of nitrogens with one attached hydrogen (secondary N) is 2. The molecular formula is C28H33ClN2O4. The first-order chi connectivity index (χ1) is 16.9. The van der Waals surface area contributed by atoms with Crippen LogP contribution in [0.2, 0.25) is 5.02 Å². The Kier molecular flexibility index (Phi) is 10.1. The number of rotatable bonds is 12. The van der Waals surface area contributed by atoms with Crippen molar-refractivity contribution in [1.82, 2.24) is 10.6 Å². The van der Waals surface area contributed by atoms with Crippen LogP contribution < -0.4 is 10.6 Å². The van der Waals surface area contributed by atoms with Gasteiger partial charge in [-0.2, -0.15) is 0 Å². The van der Waals surface area contributed by atoms with Gasteiger partial charge in [0.25, 0.3) is 0 Å². The van der Waals surface area contributed by atoms with Crippen molar-refractivity contribution < 1.29 is 20.1 Å². The van der Waals surface area contributed by atoms with E-state index in [1.54, 1.807) is 12.1 Å². The summed E-state index contributed by atoms with van der Waals surface area (Å²) >= 11 is 6.14. The zero-order chi connectivity index (χ0) is 25.2. The number of phenols is 1. The molecular weight excluding hydrogens is 464 g/mol. The summed E-state index contributed by atoms with van der Waals surface area (Å²) < 4.78 is 0. The highest BCUT2D eigenvalue weighted by Crippen LogP contribution is 2.22. The van der Waals surface area contributed by atoms with Crippen LogP contribution in [0.15, 0.2) is 66.7 Å². The van der Waals surface area contributed by atoms with Crippen LogP contribution in [0.5, 0.6) is 5.75 Å². The summed E-state index contributed by atoms with van der Waals surface area (Å²) in [4.78, 5) is 12.3. The molecule has 0 saturated heterocycles. The standard InChI is InChI=1S/C28H33ClN2O4/c1-19(30-17-27(34)22-10-11-26(33)24(15-22)18-32)13-21-6-4-5-20(14-21)9-12-28(35)31-16-23-7-2-3-8-25(23)29/h2-8,10-11,14-15,19,27,30,32-34H,9,12-13,16-18H2,1H3,(H,31,35)/t19-,27-/m1/s1. The van der Waals surface area contributed by atoms with Crippen molar-refractivity contribution in [3.63, 3.8) is 0 Å². The highest BCUT2D eigenvalue weighted by atomic mass is 35.5. The summed E-state index contributed by atoms with van der Waals surface area (Å²) in [6.45, 7) is 2.54. The third-order valence-electron chi connectivity index (χ3n) is 5.93. The van der Waals surface area contributed by atoms with Crippen LogP contribution in [0, 0.1) is 0 Å². The minimum absolute atomic E-state index is 0.0158. The zero-order valence-electron chi connectivity index (χ0n) is 19.9. The number of benzene rings is 3. The first-order valence-electron chi connectivity index (χ1n) is 11.8. The highest BCUT2D eigenvalue weighted by Gasteiger charge is 2.13. The molecule has 7 heteroatoms. The lowest BCUT2D eigenvalue weighted by Crippen LogP contribution is -2.32. The molecule has 3 aromatic rings. The van der Waals surface area contributed by atoms with Gasteiger partial charge in [-0.25, -0.2) is 0 Å². The first-order valence-corrected chi connectivity index (χ1v) is 12.2. The predicted molar refractivity (Wildman–Crippen MR) is 138 cm³/mol. The van der Waals surface area contributed by atoms with Gasteiger partial charge in [-0.05, 0) is 60.2 Å². The van der Waals surface area contributed by atoms with Gasteiger partial charge in [0, 0.05) is 36.1 Å². The van der Waals surface area contributed by atoms with E-state index in [1.165, 1.54) is 6.07 Å². The molecule has 0 unspecified atom stereocenters. The summed E-state index contributed by atoms with van der Waals surface area (Å²) in [7, 11) is 0. The van der Waals surface area contributed by atoms with E-state index in [0.717, 1.165) is 23.1 Å². The van der Waals surface area contributed by atoms with Crippen LogP contribution in [0.1, 0.15) is 47.3 Å². The smallest absolute Gasteiger partial charge is 0.220 e. The minimum atomic E-state index is -0.751. The second-order valence-corrected chi connectivity index (χ2v) is 9.17. The largest absolute Gasteiger partial charge is 0.508 e. The summed E-state index contributed by atoms with van der Waals surface area (Å²) in [5.74, 6) is 0.000614. The Bertz CT molecular complexity index is 1120. The van der Waals surface area contributed by atoms with Gasteiger partial charge in [0.05, 0.1) is 12.7 Å². The Morgan fingerprint density at radius 2 is 1.77 bits per heavy atom. The Labute approximate surface area is 211 Å². The second-order valence-electron chi connectivity index (χ2n) is 8.76. The van der Waals surface area contributed by atoms with Crippen molar-refractivity contribution in [1.29, 1.82) is 0 Å². The SMILES string of the molecule is C[C@H](Cc1cccc(CCC(=O)NCc2ccccc2Cl)c1)NC[C@@H](O)c1ccc(O)c(CO)c1. The van der Waals surface area contributed by atoms with E-state index in [4.69, 9.17) is 11.6 Å². The number of halogens is 1. The number of aliphatic hydroxyl groups is 2. The van der Waals surface area contributed by atoms with Gasteiger partial charge in [0.15, 0.2) is 0 Å². The van der Waals surface area contributed by atoms with E-state index in [9.17, 15) is 20.1 Å². The number of aryl methyl sites for hydroxylation is 1. The summed E-state index contributed by atoms with van der Waals surface area (Å²) in [5, 5.41) is 36.4. The highest BCUT2D eigenvalue weighted by molar-refractivity contribution is 6.31. The molecule has 186 valence electrons. The van der Waals surface area contributed by atoms with Gasteiger partial charge in [0.2, 0.25) is 5.91 Å². The molecule has 1 amide bonds.